The molecule has 0 spiro atoms. The van der Waals surface area contributed by atoms with E-state index in [0.29, 0.717) is 5.69 Å². The van der Waals surface area contributed by atoms with Gasteiger partial charge in [-0.15, -0.1) is 0 Å². The minimum absolute atomic E-state index is 0.0190. The van der Waals surface area contributed by atoms with Crippen molar-refractivity contribution in [3.63, 3.8) is 0 Å². The van der Waals surface area contributed by atoms with Crippen molar-refractivity contribution in [3.8, 4) is 11.3 Å². The Kier molecular flexibility index (Phi) is 3.79. The molecule has 0 aliphatic carbocycles. The minimum atomic E-state index is -0.720. The molecule has 0 saturated heterocycles. The monoisotopic (exact) mass is 308 g/mol. The van der Waals surface area contributed by atoms with Gasteiger partial charge in [0, 0.05) is 5.56 Å². The fourth-order valence-electron chi connectivity index (χ4n) is 1.98. The number of nitrogens with two attached hydrogens (primary N) is 1. The van der Waals surface area contributed by atoms with E-state index >= 15 is 0 Å². The van der Waals surface area contributed by atoms with Crippen LogP contribution in [0.15, 0.2) is 48.9 Å². The van der Waals surface area contributed by atoms with Crippen LogP contribution in [0.3, 0.4) is 0 Å². The Bertz CT molecular complexity index is 859. The third kappa shape index (κ3) is 3.05. The number of nitrogens with zero attached hydrogens (tertiary/aromatic N) is 3. The zero-order valence-electron chi connectivity index (χ0n) is 11.9. The summed E-state index contributed by atoms with van der Waals surface area (Å²) in [6.07, 6.45) is 4.21. The first-order chi connectivity index (χ1) is 11.1. The van der Waals surface area contributed by atoms with Gasteiger partial charge in [-0.25, -0.2) is 4.98 Å². The molecule has 0 aliphatic heterocycles. The van der Waals surface area contributed by atoms with Gasteiger partial charge in [0.1, 0.15) is 11.4 Å². The molecule has 0 radical (unpaired) electrons. The molecule has 2 heterocycles. The van der Waals surface area contributed by atoms with E-state index in [9.17, 15) is 9.59 Å². The number of aromatic nitrogens is 4. The van der Waals surface area contributed by atoms with E-state index in [-0.39, 0.29) is 17.1 Å². The van der Waals surface area contributed by atoms with E-state index in [0.717, 1.165) is 5.56 Å². The molecule has 114 valence electrons. The normalized spacial score (nSPS) is 10.3. The first-order valence-corrected chi connectivity index (χ1v) is 6.67. The summed E-state index contributed by atoms with van der Waals surface area (Å²) < 4.78 is 0. The van der Waals surface area contributed by atoms with Crippen molar-refractivity contribution in [3.05, 3.63) is 60.3 Å². The Morgan fingerprint density at radius 3 is 2.61 bits per heavy atom. The standard InChI is InChI=1S/C15H12N6O2/c16-14(22)13-11(8-18-21-13)20-15(23)12-7-17-6-10(19-12)9-4-2-1-3-5-9/h1-8H,(H2,16,22)(H,18,21)(H,20,23). The van der Waals surface area contributed by atoms with Crippen LogP contribution in [0.1, 0.15) is 21.0 Å². The number of primary amides is 1. The van der Waals surface area contributed by atoms with Crippen molar-refractivity contribution in [2.75, 3.05) is 5.32 Å². The molecule has 1 aromatic carbocycles. The Balaban J connectivity index is 1.86. The zero-order chi connectivity index (χ0) is 16.2. The quantitative estimate of drug-likeness (QED) is 0.668. The third-order valence-electron chi connectivity index (χ3n) is 3.07. The number of rotatable bonds is 4. The van der Waals surface area contributed by atoms with Crippen LogP contribution in [0.5, 0.6) is 0 Å². The van der Waals surface area contributed by atoms with Crippen molar-refractivity contribution in [1.29, 1.82) is 0 Å². The highest BCUT2D eigenvalue weighted by Crippen LogP contribution is 2.16. The number of carbonyl (C=O) groups is 2. The summed E-state index contributed by atoms with van der Waals surface area (Å²) in [6.45, 7) is 0. The molecule has 0 bridgehead atoms. The Labute approximate surface area is 130 Å². The van der Waals surface area contributed by atoms with Gasteiger partial charge in [-0.3, -0.25) is 19.7 Å². The Morgan fingerprint density at radius 1 is 1.09 bits per heavy atom. The van der Waals surface area contributed by atoms with Crippen LogP contribution in [0.4, 0.5) is 5.69 Å². The van der Waals surface area contributed by atoms with Crippen molar-refractivity contribution in [2.45, 2.75) is 0 Å². The molecule has 3 aromatic rings. The first-order valence-electron chi connectivity index (χ1n) is 6.67. The second-order valence-electron chi connectivity index (χ2n) is 4.63. The fraction of sp³-hybridized carbons (Fsp3) is 0. The maximum absolute atomic E-state index is 12.3. The maximum Gasteiger partial charge on any atom is 0.275 e. The largest absolute Gasteiger partial charge is 0.364 e. The van der Waals surface area contributed by atoms with Gasteiger partial charge in [0.05, 0.1) is 30.0 Å². The van der Waals surface area contributed by atoms with Crippen molar-refractivity contribution in [2.24, 2.45) is 5.73 Å². The molecule has 2 amide bonds. The summed E-state index contributed by atoms with van der Waals surface area (Å²) in [4.78, 5) is 31.8. The molecule has 4 N–H and O–H groups in total. The third-order valence-corrected chi connectivity index (χ3v) is 3.07. The average Bonchev–Trinajstić information content (AvgIpc) is 3.04. The molecule has 0 aliphatic rings. The average molecular weight is 308 g/mol. The summed E-state index contributed by atoms with van der Waals surface area (Å²) in [5.74, 6) is -1.24. The molecule has 0 unspecified atom stereocenters. The van der Waals surface area contributed by atoms with Crippen molar-refractivity contribution < 1.29 is 9.59 Å². The Morgan fingerprint density at radius 2 is 1.87 bits per heavy atom. The number of nitrogens with one attached hydrogen (secondary N) is 2. The molecule has 0 saturated carbocycles. The summed E-state index contributed by atoms with van der Waals surface area (Å²) in [6, 6.07) is 9.36. The van der Waals surface area contributed by atoms with Gasteiger partial charge in [0.25, 0.3) is 11.8 Å². The van der Waals surface area contributed by atoms with Crippen LogP contribution in [-0.2, 0) is 0 Å². The lowest BCUT2D eigenvalue weighted by Gasteiger charge is -2.05. The maximum atomic E-state index is 12.3. The lowest BCUT2D eigenvalue weighted by atomic mass is 10.1. The highest BCUT2D eigenvalue weighted by atomic mass is 16.2. The van der Waals surface area contributed by atoms with E-state index in [2.05, 4.69) is 25.5 Å². The number of aromatic amines is 1. The predicted molar refractivity (Wildman–Crippen MR) is 82.5 cm³/mol. The van der Waals surface area contributed by atoms with Gasteiger partial charge in [-0.1, -0.05) is 30.3 Å². The second-order valence-corrected chi connectivity index (χ2v) is 4.63. The van der Waals surface area contributed by atoms with E-state index < -0.39 is 11.8 Å². The number of amides is 2. The summed E-state index contributed by atoms with van der Waals surface area (Å²) in [5.41, 5.74) is 6.92. The number of hydrogen-bond acceptors (Lipinski definition) is 5. The zero-order valence-corrected chi connectivity index (χ0v) is 11.9. The van der Waals surface area contributed by atoms with Crippen LogP contribution in [0, 0.1) is 0 Å². The summed E-state index contributed by atoms with van der Waals surface area (Å²) >= 11 is 0. The number of H-pyrrole nitrogens is 1. The molecule has 2 aromatic heterocycles. The topological polar surface area (TPSA) is 127 Å². The molecule has 0 atom stereocenters. The van der Waals surface area contributed by atoms with Gasteiger partial charge in [0.2, 0.25) is 0 Å². The van der Waals surface area contributed by atoms with Gasteiger partial charge in [-0.05, 0) is 0 Å². The highest BCUT2D eigenvalue weighted by molar-refractivity contribution is 6.07. The van der Waals surface area contributed by atoms with Gasteiger partial charge < -0.3 is 11.1 Å². The van der Waals surface area contributed by atoms with E-state index in [4.69, 9.17) is 5.73 Å². The SMILES string of the molecule is NC(=O)c1[nH]ncc1NC(=O)c1cncc(-c2ccccc2)n1. The number of carbonyl (C=O) groups excluding carboxylic acids is 2. The molecule has 3 rings (SSSR count). The fourth-order valence-corrected chi connectivity index (χ4v) is 1.98. The van der Waals surface area contributed by atoms with Crippen LogP contribution in [0.25, 0.3) is 11.3 Å². The summed E-state index contributed by atoms with van der Waals surface area (Å²) in [7, 11) is 0. The highest BCUT2D eigenvalue weighted by Gasteiger charge is 2.16. The van der Waals surface area contributed by atoms with Crippen molar-refractivity contribution in [1.82, 2.24) is 20.2 Å². The lowest BCUT2D eigenvalue weighted by molar-refractivity contribution is 0.0996. The minimum Gasteiger partial charge on any atom is -0.364 e. The van der Waals surface area contributed by atoms with Crippen LogP contribution >= 0.6 is 0 Å². The lowest BCUT2D eigenvalue weighted by Crippen LogP contribution is -2.18. The predicted octanol–water partition coefficient (Wildman–Crippen LogP) is 1.22. The molecule has 8 heteroatoms. The number of hydrogen-bond donors (Lipinski definition) is 3. The van der Waals surface area contributed by atoms with E-state index in [1.165, 1.54) is 12.4 Å². The molecule has 0 fully saturated rings. The van der Waals surface area contributed by atoms with E-state index in [1.54, 1.807) is 6.20 Å². The first kappa shape index (κ1) is 14.4. The van der Waals surface area contributed by atoms with Gasteiger partial charge in [-0.2, -0.15) is 5.10 Å². The van der Waals surface area contributed by atoms with Gasteiger partial charge in [0.15, 0.2) is 0 Å². The van der Waals surface area contributed by atoms with Crippen LogP contribution in [-0.4, -0.2) is 32.0 Å². The number of benzene rings is 1. The molecule has 8 nitrogen and oxygen atoms in total. The smallest absolute Gasteiger partial charge is 0.275 e. The summed E-state index contributed by atoms with van der Waals surface area (Å²) in [5, 5.41) is 8.63. The van der Waals surface area contributed by atoms with Crippen LogP contribution in [0.2, 0.25) is 0 Å². The Hall–Kier alpha value is -3.55. The van der Waals surface area contributed by atoms with Gasteiger partial charge >= 0.3 is 0 Å². The number of anilines is 1. The second kappa shape index (κ2) is 6.06. The van der Waals surface area contributed by atoms with E-state index in [1.807, 2.05) is 30.3 Å². The molecule has 23 heavy (non-hydrogen) atoms. The van der Waals surface area contributed by atoms with Crippen LogP contribution < -0.4 is 11.1 Å². The molecular formula is C15H12N6O2. The molecular weight excluding hydrogens is 296 g/mol. The van der Waals surface area contributed by atoms with Crippen molar-refractivity contribution >= 4 is 17.5 Å².